The Balaban J connectivity index is 5.05. The van der Waals surface area contributed by atoms with Crippen LogP contribution in [-0.2, 0) is 0 Å². The summed E-state index contributed by atoms with van der Waals surface area (Å²) in [7, 11) is 4.08. The fraction of sp³-hybridized carbons (Fsp3) is 0.238. The lowest BCUT2D eigenvalue weighted by Crippen LogP contribution is -2.08. The molecule has 0 atom stereocenters. The van der Waals surface area contributed by atoms with E-state index >= 15 is 0 Å². The highest BCUT2D eigenvalue weighted by molar-refractivity contribution is 5.42. The monoisotopic (exact) mass is 295 g/mol. The molecule has 0 saturated carbocycles. The van der Waals surface area contributed by atoms with E-state index in [-0.39, 0.29) is 0 Å². The second-order valence-corrected chi connectivity index (χ2v) is 5.17. The largest absolute Gasteiger partial charge is 0.378 e. The number of allylic oxidation sites excluding steroid dienone is 13. The quantitative estimate of drug-likeness (QED) is 0.515. The zero-order valence-electron chi connectivity index (χ0n) is 14.6. The third-order valence-corrected chi connectivity index (χ3v) is 3.05. The topological polar surface area (TPSA) is 3.24 Å². The molecule has 0 N–H and O–H groups in total. The molecule has 0 aliphatic heterocycles. The Morgan fingerprint density at radius 2 is 1.59 bits per heavy atom. The van der Waals surface area contributed by atoms with Crippen molar-refractivity contribution >= 4 is 0 Å². The van der Waals surface area contributed by atoms with Gasteiger partial charge in [-0.1, -0.05) is 67.3 Å². The summed E-state index contributed by atoms with van der Waals surface area (Å²) in [6.45, 7) is 13.7. The Bertz CT molecular complexity index is 546. The van der Waals surface area contributed by atoms with Gasteiger partial charge in [-0.05, 0) is 44.1 Å². The first-order valence-corrected chi connectivity index (χ1v) is 7.45. The third kappa shape index (κ3) is 8.11. The Morgan fingerprint density at radius 3 is 2.09 bits per heavy atom. The molecule has 0 rings (SSSR count). The second kappa shape index (κ2) is 11.4. The average Bonchev–Trinajstić information content (AvgIpc) is 2.49. The van der Waals surface area contributed by atoms with Crippen LogP contribution in [0, 0.1) is 0 Å². The van der Waals surface area contributed by atoms with Gasteiger partial charge in [0.1, 0.15) is 0 Å². The van der Waals surface area contributed by atoms with E-state index in [0.29, 0.717) is 0 Å². The third-order valence-electron chi connectivity index (χ3n) is 3.05. The van der Waals surface area contributed by atoms with Crippen LogP contribution in [0.25, 0.3) is 0 Å². The molecule has 22 heavy (non-hydrogen) atoms. The van der Waals surface area contributed by atoms with Crippen LogP contribution in [0.4, 0.5) is 0 Å². The maximum absolute atomic E-state index is 3.82. The summed E-state index contributed by atoms with van der Waals surface area (Å²) in [4.78, 5) is 2.09. The number of likely N-dealkylation sites (N-methyl/N-ethyl adjacent to an activating group) is 1. The first kappa shape index (κ1) is 19.7. The fourth-order valence-electron chi connectivity index (χ4n) is 1.72. The fourth-order valence-corrected chi connectivity index (χ4v) is 1.72. The maximum atomic E-state index is 3.82. The van der Waals surface area contributed by atoms with Crippen molar-refractivity contribution in [2.24, 2.45) is 0 Å². The Morgan fingerprint density at radius 1 is 0.909 bits per heavy atom. The number of nitrogens with zero attached hydrogens (tertiary/aromatic N) is 1. The molecule has 0 amide bonds. The summed E-state index contributed by atoms with van der Waals surface area (Å²) in [5.74, 6) is 0. The van der Waals surface area contributed by atoms with E-state index in [4.69, 9.17) is 0 Å². The maximum Gasteiger partial charge on any atom is 0.0357 e. The molecule has 0 fully saturated rings. The van der Waals surface area contributed by atoms with Crippen LogP contribution in [-0.4, -0.2) is 19.0 Å². The summed E-state index contributed by atoms with van der Waals surface area (Å²) in [6.07, 6.45) is 20.2. The Hall–Kier alpha value is -2.28. The molecule has 0 radical (unpaired) electrons. The van der Waals surface area contributed by atoms with Gasteiger partial charge in [0.25, 0.3) is 0 Å². The molecular weight excluding hydrogens is 266 g/mol. The summed E-state index contributed by atoms with van der Waals surface area (Å²) in [6, 6.07) is 0. The molecule has 0 spiro atoms. The zero-order chi connectivity index (χ0) is 17.0. The van der Waals surface area contributed by atoms with E-state index in [1.165, 1.54) is 16.8 Å². The molecule has 0 heterocycles. The van der Waals surface area contributed by atoms with E-state index in [1.54, 1.807) is 6.08 Å². The Labute approximate surface area is 136 Å². The molecule has 0 saturated heterocycles. The molecule has 1 heteroatoms. The highest BCUT2D eigenvalue weighted by Gasteiger charge is 1.92. The molecule has 0 aliphatic carbocycles. The molecular formula is C21H29N. The first-order valence-electron chi connectivity index (χ1n) is 7.45. The van der Waals surface area contributed by atoms with Gasteiger partial charge in [-0.3, -0.25) is 0 Å². The van der Waals surface area contributed by atoms with Crippen LogP contribution in [0.3, 0.4) is 0 Å². The second-order valence-electron chi connectivity index (χ2n) is 5.17. The molecule has 0 bridgehead atoms. The van der Waals surface area contributed by atoms with Gasteiger partial charge in [-0.25, -0.2) is 0 Å². The zero-order valence-corrected chi connectivity index (χ0v) is 14.6. The molecule has 0 aliphatic rings. The van der Waals surface area contributed by atoms with Crippen LogP contribution < -0.4 is 0 Å². The van der Waals surface area contributed by atoms with E-state index in [0.717, 1.165) is 5.57 Å². The molecule has 0 unspecified atom stereocenters. The highest BCUT2D eigenvalue weighted by Crippen LogP contribution is 2.11. The van der Waals surface area contributed by atoms with Crippen molar-refractivity contribution in [2.45, 2.75) is 20.8 Å². The van der Waals surface area contributed by atoms with E-state index < -0.39 is 0 Å². The first-order chi connectivity index (χ1) is 10.5. The van der Waals surface area contributed by atoms with Gasteiger partial charge in [-0.2, -0.15) is 0 Å². The predicted octanol–water partition coefficient (Wildman–Crippen LogP) is 5.76. The van der Waals surface area contributed by atoms with Crippen molar-refractivity contribution < 1.29 is 0 Å². The minimum Gasteiger partial charge on any atom is -0.378 e. The SMILES string of the molecule is C=C/C=C(C=C)/C(C)=C/C=C(C)/C=C/C=C(\C=C/C)N(C)C. The van der Waals surface area contributed by atoms with Gasteiger partial charge >= 0.3 is 0 Å². The van der Waals surface area contributed by atoms with Gasteiger partial charge in [0.05, 0.1) is 0 Å². The van der Waals surface area contributed by atoms with Gasteiger partial charge < -0.3 is 4.90 Å². The van der Waals surface area contributed by atoms with Crippen LogP contribution in [0.15, 0.2) is 96.3 Å². The van der Waals surface area contributed by atoms with Crippen LogP contribution in [0.1, 0.15) is 20.8 Å². The smallest absolute Gasteiger partial charge is 0.0357 e. The van der Waals surface area contributed by atoms with Gasteiger partial charge in [-0.15, -0.1) is 0 Å². The van der Waals surface area contributed by atoms with Crippen LogP contribution >= 0.6 is 0 Å². The minimum absolute atomic E-state index is 1.09. The number of hydrogen-bond acceptors (Lipinski definition) is 1. The van der Waals surface area contributed by atoms with Crippen molar-refractivity contribution in [3.8, 4) is 0 Å². The van der Waals surface area contributed by atoms with Gasteiger partial charge in [0.2, 0.25) is 0 Å². The minimum atomic E-state index is 1.09. The van der Waals surface area contributed by atoms with E-state index in [9.17, 15) is 0 Å². The van der Waals surface area contributed by atoms with Crippen molar-refractivity contribution in [3.05, 3.63) is 96.3 Å². The predicted molar refractivity (Wildman–Crippen MR) is 102 cm³/mol. The highest BCUT2D eigenvalue weighted by atomic mass is 15.1. The summed E-state index contributed by atoms with van der Waals surface area (Å²) in [5, 5.41) is 0. The molecule has 1 nitrogen and oxygen atoms in total. The van der Waals surface area contributed by atoms with Gasteiger partial charge in [0, 0.05) is 19.8 Å². The molecule has 0 aromatic rings. The van der Waals surface area contributed by atoms with Gasteiger partial charge in [0.15, 0.2) is 0 Å². The average molecular weight is 295 g/mol. The van der Waals surface area contributed by atoms with Crippen molar-refractivity contribution in [2.75, 3.05) is 14.1 Å². The standard InChI is InChI=1S/C21H29N/c1-8-12-20(10-3)19(5)17-16-18(4)14-11-15-21(13-9-2)22(6)7/h8-17H,1,3H2,2,4-7H3/b13-9-,14-11+,18-16+,19-17+,20-12+,21-15+. The van der Waals surface area contributed by atoms with E-state index in [1.807, 2.05) is 39.2 Å². The molecule has 118 valence electrons. The lowest BCUT2D eigenvalue weighted by molar-refractivity contribution is 0.530. The summed E-state index contributed by atoms with van der Waals surface area (Å²) in [5.41, 5.74) is 4.62. The number of rotatable bonds is 8. The summed E-state index contributed by atoms with van der Waals surface area (Å²) >= 11 is 0. The van der Waals surface area contributed by atoms with Crippen LogP contribution in [0.2, 0.25) is 0 Å². The summed E-state index contributed by atoms with van der Waals surface area (Å²) < 4.78 is 0. The van der Waals surface area contributed by atoms with Crippen molar-refractivity contribution in [1.82, 2.24) is 4.90 Å². The van der Waals surface area contributed by atoms with Crippen molar-refractivity contribution in [3.63, 3.8) is 0 Å². The molecule has 0 aromatic heterocycles. The normalized spacial score (nSPS) is 14.8. The van der Waals surface area contributed by atoms with Crippen molar-refractivity contribution in [1.29, 1.82) is 0 Å². The van der Waals surface area contributed by atoms with Crippen LogP contribution in [0.5, 0.6) is 0 Å². The van der Waals surface area contributed by atoms with E-state index in [2.05, 4.69) is 68.4 Å². The number of hydrogen-bond donors (Lipinski definition) is 0. The lowest BCUT2D eigenvalue weighted by atomic mass is 10.1. The Kier molecular flexibility index (Phi) is 10.2. The molecule has 0 aromatic carbocycles. The lowest BCUT2D eigenvalue weighted by Gasteiger charge is -2.12.